The largest absolute Gasteiger partial charge is 0.423 e. The van der Waals surface area contributed by atoms with Gasteiger partial charge < -0.3 is 9.15 Å². The maximum atomic E-state index is 5.56. The summed E-state index contributed by atoms with van der Waals surface area (Å²) in [4.78, 5) is 0. The fourth-order valence-electron chi connectivity index (χ4n) is 0.944. The molecular weight excluding hydrogens is 216 g/mol. The molecule has 0 amide bonds. The van der Waals surface area contributed by atoms with E-state index in [0.717, 1.165) is 12.8 Å². The van der Waals surface area contributed by atoms with E-state index in [-0.39, 0.29) is 5.60 Å². The van der Waals surface area contributed by atoms with Crippen LogP contribution in [0.5, 0.6) is 0 Å². The van der Waals surface area contributed by atoms with Gasteiger partial charge in [-0.25, -0.2) is 0 Å². The summed E-state index contributed by atoms with van der Waals surface area (Å²) in [5.74, 6) is 1.76. The smallest absolute Gasteiger partial charge is 0.242 e. The van der Waals surface area contributed by atoms with Gasteiger partial charge in [0.15, 0.2) is 0 Å². The minimum absolute atomic E-state index is 0.190. The van der Waals surface area contributed by atoms with Gasteiger partial charge in [-0.05, 0) is 27.2 Å². The van der Waals surface area contributed by atoms with E-state index in [9.17, 15) is 0 Å². The van der Waals surface area contributed by atoms with Crippen molar-refractivity contribution in [2.75, 3.05) is 5.88 Å². The number of hydrogen-bond donors (Lipinski definition) is 0. The molecular formula is C10H17ClN2O2. The topological polar surface area (TPSA) is 48.2 Å². The van der Waals surface area contributed by atoms with Gasteiger partial charge in [-0.2, -0.15) is 0 Å². The van der Waals surface area contributed by atoms with E-state index in [1.807, 2.05) is 20.8 Å². The zero-order chi connectivity index (χ0) is 11.3. The van der Waals surface area contributed by atoms with Gasteiger partial charge in [0, 0.05) is 12.3 Å². The Morgan fingerprint density at radius 2 is 1.93 bits per heavy atom. The van der Waals surface area contributed by atoms with Crippen LogP contribution in [-0.4, -0.2) is 21.7 Å². The molecule has 0 N–H and O–H groups in total. The lowest BCUT2D eigenvalue weighted by Crippen LogP contribution is -2.18. The van der Waals surface area contributed by atoms with E-state index < -0.39 is 0 Å². The van der Waals surface area contributed by atoms with E-state index in [4.69, 9.17) is 20.8 Å². The number of rotatable bonds is 5. The van der Waals surface area contributed by atoms with Crippen LogP contribution in [0.3, 0.4) is 0 Å². The Morgan fingerprint density at radius 3 is 2.53 bits per heavy atom. The number of hydrogen-bond acceptors (Lipinski definition) is 4. The van der Waals surface area contributed by atoms with Gasteiger partial charge in [0.05, 0.1) is 5.60 Å². The monoisotopic (exact) mass is 232 g/mol. The van der Waals surface area contributed by atoms with Crippen LogP contribution < -0.4 is 0 Å². The Bertz CT molecular complexity index is 294. The van der Waals surface area contributed by atoms with Crippen molar-refractivity contribution in [2.24, 2.45) is 0 Å². The first-order valence-corrected chi connectivity index (χ1v) is 5.56. The van der Waals surface area contributed by atoms with Crippen molar-refractivity contribution < 1.29 is 9.15 Å². The summed E-state index contributed by atoms with van der Waals surface area (Å²) in [6, 6.07) is 0. The Balaban J connectivity index is 2.39. The average molecular weight is 233 g/mol. The molecule has 5 heteroatoms. The molecule has 1 rings (SSSR count). The molecule has 0 fully saturated rings. The van der Waals surface area contributed by atoms with E-state index in [0.29, 0.717) is 24.3 Å². The van der Waals surface area contributed by atoms with E-state index >= 15 is 0 Å². The van der Waals surface area contributed by atoms with Crippen LogP contribution in [0.1, 0.15) is 39.0 Å². The van der Waals surface area contributed by atoms with Crippen molar-refractivity contribution in [3.8, 4) is 0 Å². The molecule has 0 bridgehead atoms. The maximum Gasteiger partial charge on any atom is 0.242 e. The number of halogens is 1. The molecule has 0 saturated carbocycles. The molecule has 1 aromatic heterocycles. The number of aromatic nitrogens is 2. The lowest BCUT2D eigenvalue weighted by Gasteiger charge is -2.17. The van der Waals surface area contributed by atoms with Gasteiger partial charge in [-0.15, -0.1) is 21.8 Å². The molecule has 0 saturated heterocycles. The first-order chi connectivity index (χ1) is 7.01. The molecule has 0 radical (unpaired) electrons. The van der Waals surface area contributed by atoms with Crippen LogP contribution in [0.15, 0.2) is 4.42 Å². The Labute approximate surface area is 95.0 Å². The lowest BCUT2D eigenvalue weighted by atomic mass is 10.2. The normalized spacial score (nSPS) is 12.0. The van der Waals surface area contributed by atoms with Crippen molar-refractivity contribution in [1.29, 1.82) is 0 Å². The van der Waals surface area contributed by atoms with Crippen molar-refractivity contribution in [2.45, 2.75) is 45.8 Å². The minimum Gasteiger partial charge on any atom is -0.423 e. The average Bonchev–Trinajstić information content (AvgIpc) is 2.58. The van der Waals surface area contributed by atoms with E-state index in [2.05, 4.69) is 10.2 Å². The van der Waals surface area contributed by atoms with Crippen LogP contribution in [0, 0.1) is 0 Å². The molecule has 0 aromatic carbocycles. The second kappa shape index (κ2) is 5.47. The molecule has 1 aromatic rings. The summed E-state index contributed by atoms with van der Waals surface area (Å²) in [6.45, 7) is 6.31. The lowest BCUT2D eigenvalue weighted by molar-refractivity contribution is -0.0247. The number of ether oxygens (including phenoxy) is 1. The Morgan fingerprint density at radius 1 is 1.27 bits per heavy atom. The number of aryl methyl sites for hydroxylation is 1. The van der Waals surface area contributed by atoms with Crippen molar-refractivity contribution >= 4 is 11.6 Å². The summed E-state index contributed by atoms with van der Waals surface area (Å²) in [5.41, 5.74) is -0.190. The summed E-state index contributed by atoms with van der Waals surface area (Å²) in [7, 11) is 0. The summed E-state index contributed by atoms with van der Waals surface area (Å²) < 4.78 is 10.9. The third-order valence-electron chi connectivity index (χ3n) is 1.66. The minimum atomic E-state index is -0.190. The summed E-state index contributed by atoms with van der Waals surface area (Å²) in [5, 5.41) is 7.79. The highest BCUT2D eigenvalue weighted by Gasteiger charge is 2.13. The highest BCUT2D eigenvalue weighted by Crippen LogP contribution is 2.11. The maximum absolute atomic E-state index is 5.56. The second-order valence-corrected chi connectivity index (χ2v) is 4.66. The Hall–Kier alpha value is -0.610. The van der Waals surface area contributed by atoms with Crippen LogP contribution in [-0.2, 0) is 17.8 Å². The van der Waals surface area contributed by atoms with Crippen LogP contribution in [0.2, 0.25) is 0 Å². The molecule has 86 valence electrons. The zero-order valence-corrected chi connectivity index (χ0v) is 10.2. The molecule has 0 unspecified atom stereocenters. The van der Waals surface area contributed by atoms with Crippen molar-refractivity contribution in [3.05, 3.63) is 11.8 Å². The standard InChI is InChI=1S/C10H17ClN2O2/c1-10(2,3)14-7-9-13-12-8(15-9)5-4-6-11/h4-7H2,1-3H3. The molecule has 0 spiro atoms. The number of nitrogens with zero attached hydrogens (tertiary/aromatic N) is 2. The highest BCUT2D eigenvalue weighted by atomic mass is 35.5. The van der Waals surface area contributed by atoms with Crippen LogP contribution >= 0.6 is 11.6 Å². The first-order valence-electron chi connectivity index (χ1n) is 5.02. The number of alkyl halides is 1. The van der Waals surface area contributed by atoms with Gasteiger partial charge in [0.1, 0.15) is 6.61 Å². The predicted molar refractivity (Wildman–Crippen MR) is 57.9 cm³/mol. The second-order valence-electron chi connectivity index (χ2n) is 4.28. The van der Waals surface area contributed by atoms with E-state index in [1.54, 1.807) is 0 Å². The zero-order valence-electron chi connectivity index (χ0n) is 9.42. The van der Waals surface area contributed by atoms with Crippen LogP contribution in [0.4, 0.5) is 0 Å². The van der Waals surface area contributed by atoms with Gasteiger partial charge >= 0.3 is 0 Å². The molecule has 4 nitrogen and oxygen atoms in total. The third kappa shape index (κ3) is 5.14. The molecule has 15 heavy (non-hydrogen) atoms. The van der Waals surface area contributed by atoms with Crippen molar-refractivity contribution in [1.82, 2.24) is 10.2 Å². The summed E-state index contributed by atoms with van der Waals surface area (Å²) in [6.07, 6.45) is 1.58. The molecule has 0 atom stereocenters. The quantitative estimate of drug-likeness (QED) is 0.732. The predicted octanol–water partition coefficient (Wildman–Crippen LogP) is 2.56. The molecule has 0 aliphatic carbocycles. The third-order valence-corrected chi connectivity index (χ3v) is 1.93. The highest BCUT2D eigenvalue weighted by molar-refractivity contribution is 6.17. The van der Waals surface area contributed by atoms with Crippen LogP contribution in [0.25, 0.3) is 0 Å². The fourth-order valence-corrected chi connectivity index (χ4v) is 1.08. The van der Waals surface area contributed by atoms with Gasteiger partial charge in [0.2, 0.25) is 11.8 Å². The summed E-state index contributed by atoms with van der Waals surface area (Å²) >= 11 is 5.56. The SMILES string of the molecule is CC(C)(C)OCc1nnc(CCCCl)o1. The Kier molecular flexibility index (Phi) is 4.54. The van der Waals surface area contributed by atoms with Crippen molar-refractivity contribution in [3.63, 3.8) is 0 Å². The van der Waals surface area contributed by atoms with Gasteiger partial charge in [-0.3, -0.25) is 0 Å². The molecule has 1 heterocycles. The first kappa shape index (κ1) is 12.5. The van der Waals surface area contributed by atoms with Gasteiger partial charge in [0.25, 0.3) is 0 Å². The van der Waals surface area contributed by atoms with Gasteiger partial charge in [-0.1, -0.05) is 0 Å². The fraction of sp³-hybridized carbons (Fsp3) is 0.800. The molecule has 0 aliphatic rings. The van der Waals surface area contributed by atoms with E-state index in [1.165, 1.54) is 0 Å². The molecule has 0 aliphatic heterocycles.